The summed E-state index contributed by atoms with van der Waals surface area (Å²) in [5.41, 5.74) is 1.78. The van der Waals surface area contributed by atoms with E-state index in [1.165, 1.54) is 0 Å². The molecule has 5 heteroatoms. The zero-order valence-electron chi connectivity index (χ0n) is 14.2. The summed E-state index contributed by atoms with van der Waals surface area (Å²) in [5, 5.41) is 1.96. The van der Waals surface area contributed by atoms with Gasteiger partial charge >= 0.3 is 5.97 Å². The van der Waals surface area contributed by atoms with Crippen molar-refractivity contribution >= 4 is 28.7 Å². The zero-order valence-corrected chi connectivity index (χ0v) is 15.0. The first kappa shape index (κ1) is 17.4. The van der Waals surface area contributed by atoms with Gasteiger partial charge in [0.25, 0.3) is 0 Å². The standard InChI is InChI=1S/C20H20O4S/c1-3-24-20(22)19-15(18-9-6-10-25-18)11-13(12-16(19)21)14-7-4-5-8-17(14)23-2/h4-10,12,15,19H,3,11H2,1-2H3/t15-,19-/m0/s1. The summed E-state index contributed by atoms with van der Waals surface area (Å²) in [7, 11) is 1.61. The number of allylic oxidation sites excluding steroid dienone is 2. The molecule has 25 heavy (non-hydrogen) atoms. The molecule has 2 atom stereocenters. The van der Waals surface area contributed by atoms with Crippen molar-refractivity contribution in [3.63, 3.8) is 0 Å². The maximum Gasteiger partial charge on any atom is 0.317 e. The molecule has 0 saturated heterocycles. The summed E-state index contributed by atoms with van der Waals surface area (Å²) >= 11 is 1.56. The molecule has 0 unspecified atom stereocenters. The smallest absolute Gasteiger partial charge is 0.317 e. The number of benzene rings is 1. The Morgan fingerprint density at radius 3 is 2.72 bits per heavy atom. The van der Waals surface area contributed by atoms with Crippen LogP contribution < -0.4 is 4.74 Å². The first-order chi connectivity index (χ1) is 12.2. The Morgan fingerprint density at radius 2 is 2.04 bits per heavy atom. The summed E-state index contributed by atoms with van der Waals surface area (Å²) in [5.74, 6) is -0.917. The van der Waals surface area contributed by atoms with Crippen molar-refractivity contribution in [2.75, 3.05) is 13.7 Å². The van der Waals surface area contributed by atoms with Crippen LogP contribution in [0.4, 0.5) is 0 Å². The largest absolute Gasteiger partial charge is 0.496 e. The van der Waals surface area contributed by atoms with Gasteiger partial charge in [-0.1, -0.05) is 24.3 Å². The maximum absolute atomic E-state index is 12.8. The summed E-state index contributed by atoms with van der Waals surface area (Å²) in [4.78, 5) is 26.2. The normalized spacial score (nSPS) is 20.1. The van der Waals surface area contributed by atoms with Gasteiger partial charge in [-0.05, 0) is 42.5 Å². The fraction of sp³-hybridized carbons (Fsp3) is 0.300. The molecule has 2 aromatic rings. The zero-order chi connectivity index (χ0) is 17.8. The van der Waals surface area contributed by atoms with Gasteiger partial charge in [0.1, 0.15) is 11.7 Å². The molecule has 4 nitrogen and oxygen atoms in total. The number of para-hydroxylation sites is 1. The quantitative estimate of drug-likeness (QED) is 0.598. The van der Waals surface area contributed by atoms with Gasteiger partial charge < -0.3 is 9.47 Å². The maximum atomic E-state index is 12.8. The fourth-order valence-corrected chi connectivity index (χ4v) is 4.12. The molecule has 0 spiro atoms. The average molecular weight is 356 g/mol. The Labute approximate surface area is 151 Å². The molecule has 0 bridgehead atoms. The van der Waals surface area contributed by atoms with E-state index in [9.17, 15) is 9.59 Å². The monoisotopic (exact) mass is 356 g/mol. The molecule has 3 rings (SSSR count). The molecule has 1 aliphatic carbocycles. The lowest BCUT2D eigenvalue weighted by Crippen LogP contribution is -2.33. The Balaban J connectivity index is 2.02. The molecular weight excluding hydrogens is 336 g/mol. The van der Waals surface area contributed by atoms with Gasteiger partial charge in [0.05, 0.1) is 13.7 Å². The van der Waals surface area contributed by atoms with E-state index < -0.39 is 11.9 Å². The Bertz CT molecular complexity index is 792. The second kappa shape index (κ2) is 7.66. The van der Waals surface area contributed by atoms with Crippen molar-refractivity contribution in [3.05, 3.63) is 58.3 Å². The SMILES string of the molecule is CCOC(=O)[C@@H]1C(=O)C=C(c2ccccc2OC)C[C@H]1c1cccs1. The van der Waals surface area contributed by atoms with Crippen LogP contribution in [0.2, 0.25) is 0 Å². The van der Waals surface area contributed by atoms with Crippen molar-refractivity contribution in [2.45, 2.75) is 19.3 Å². The van der Waals surface area contributed by atoms with Crippen LogP contribution in [0, 0.1) is 5.92 Å². The van der Waals surface area contributed by atoms with Crippen molar-refractivity contribution in [3.8, 4) is 5.75 Å². The van der Waals surface area contributed by atoms with Gasteiger partial charge in [-0.15, -0.1) is 11.3 Å². The number of thiophene rings is 1. The number of ketones is 1. The number of methoxy groups -OCH3 is 1. The van der Waals surface area contributed by atoms with Gasteiger partial charge in [-0.2, -0.15) is 0 Å². The molecule has 0 aliphatic heterocycles. The third-order valence-electron chi connectivity index (χ3n) is 4.37. The lowest BCUT2D eigenvalue weighted by atomic mass is 9.76. The summed E-state index contributed by atoms with van der Waals surface area (Å²) in [6.45, 7) is 2.02. The minimum Gasteiger partial charge on any atom is -0.496 e. The Hall–Kier alpha value is -2.40. The lowest BCUT2D eigenvalue weighted by molar-refractivity contribution is -0.151. The van der Waals surface area contributed by atoms with Crippen LogP contribution in [0.3, 0.4) is 0 Å². The van der Waals surface area contributed by atoms with Crippen LogP contribution in [0.25, 0.3) is 5.57 Å². The first-order valence-electron chi connectivity index (χ1n) is 8.23. The third-order valence-corrected chi connectivity index (χ3v) is 5.37. The third kappa shape index (κ3) is 3.51. The average Bonchev–Trinajstić information content (AvgIpc) is 3.15. The summed E-state index contributed by atoms with van der Waals surface area (Å²) < 4.78 is 10.6. The molecular formula is C20H20O4S. The topological polar surface area (TPSA) is 52.6 Å². The van der Waals surface area contributed by atoms with Crippen molar-refractivity contribution in [1.82, 2.24) is 0 Å². The number of esters is 1. The van der Waals surface area contributed by atoms with E-state index in [2.05, 4.69) is 0 Å². The molecule has 1 heterocycles. The minimum absolute atomic E-state index is 0.205. The molecule has 0 N–H and O–H groups in total. The van der Waals surface area contributed by atoms with Crippen LogP contribution >= 0.6 is 11.3 Å². The van der Waals surface area contributed by atoms with E-state index in [4.69, 9.17) is 9.47 Å². The van der Waals surface area contributed by atoms with Crippen molar-refractivity contribution < 1.29 is 19.1 Å². The van der Waals surface area contributed by atoms with Crippen molar-refractivity contribution in [1.29, 1.82) is 0 Å². The van der Waals surface area contributed by atoms with Crippen LogP contribution in [-0.4, -0.2) is 25.5 Å². The van der Waals surface area contributed by atoms with E-state index in [-0.39, 0.29) is 18.3 Å². The highest BCUT2D eigenvalue weighted by Crippen LogP contribution is 2.43. The highest BCUT2D eigenvalue weighted by Gasteiger charge is 2.40. The second-order valence-electron chi connectivity index (χ2n) is 5.83. The second-order valence-corrected chi connectivity index (χ2v) is 6.81. The van der Waals surface area contributed by atoms with Gasteiger partial charge in [-0.3, -0.25) is 9.59 Å². The van der Waals surface area contributed by atoms with Crippen LogP contribution in [0.15, 0.2) is 47.9 Å². The predicted octanol–water partition coefficient (Wildman–Crippen LogP) is 4.08. The fourth-order valence-electron chi connectivity index (χ4n) is 3.25. The molecule has 1 aliphatic rings. The summed E-state index contributed by atoms with van der Waals surface area (Å²) in [6, 6.07) is 11.5. The molecule has 0 fully saturated rings. The van der Waals surface area contributed by atoms with Gasteiger partial charge in [0.15, 0.2) is 5.78 Å². The van der Waals surface area contributed by atoms with E-state index in [1.54, 1.807) is 31.4 Å². The number of carbonyl (C=O) groups excluding carboxylic acids is 2. The summed E-state index contributed by atoms with van der Waals surface area (Å²) in [6.07, 6.45) is 2.17. The number of carbonyl (C=O) groups is 2. The number of ether oxygens (including phenoxy) is 2. The molecule has 0 amide bonds. The molecule has 130 valence electrons. The molecule has 1 aromatic heterocycles. The van der Waals surface area contributed by atoms with Gasteiger partial charge in [-0.25, -0.2) is 0 Å². The van der Waals surface area contributed by atoms with Crippen LogP contribution in [0.1, 0.15) is 29.7 Å². The highest BCUT2D eigenvalue weighted by atomic mass is 32.1. The Kier molecular flexibility index (Phi) is 5.34. The van der Waals surface area contributed by atoms with Gasteiger partial charge in [0.2, 0.25) is 0 Å². The van der Waals surface area contributed by atoms with Gasteiger partial charge in [0, 0.05) is 16.4 Å². The number of rotatable bonds is 5. The highest BCUT2D eigenvalue weighted by molar-refractivity contribution is 7.10. The minimum atomic E-state index is -0.781. The van der Waals surface area contributed by atoms with Crippen LogP contribution in [-0.2, 0) is 14.3 Å². The number of hydrogen-bond acceptors (Lipinski definition) is 5. The lowest BCUT2D eigenvalue weighted by Gasteiger charge is -2.28. The predicted molar refractivity (Wildman–Crippen MR) is 97.8 cm³/mol. The van der Waals surface area contributed by atoms with E-state index in [0.717, 1.165) is 21.8 Å². The molecule has 0 saturated carbocycles. The molecule has 1 aromatic carbocycles. The van der Waals surface area contributed by atoms with E-state index in [0.29, 0.717) is 6.42 Å². The molecule has 0 radical (unpaired) electrons. The first-order valence-corrected chi connectivity index (χ1v) is 9.11. The van der Waals surface area contributed by atoms with E-state index in [1.807, 2.05) is 41.8 Å². The Morgan fingerprint density at radius 1 is 1.24 bits per heavy atom. The van der Waals surface area contributed by atoms with Crippen LogP contribution in [0.5, 0.6) is 5.75 Å². The van der Waals surface area contributed by atoms with Crippen molar-refractivity contribution in [2.24, 2.45) is 5.92 Å². The van der Waals surface area contributed by atoms with E-state index >= 15 is 0 Å². The number of hydrogen-bond donors (Lipinski definition) is 0.